The average Bonchev–Trinajstić information content (AvgIpc) is 2.75. The van der Waals surface area contributed by atoms with Crippen LogP contribution >= 0.6 is 0 Å². The van der Waals surface area contributed by atoms with Crippen molar-refractivity contribution in [2.75, 3.05) is 5.43 Å². The molecule has 0 aromatic carbocycles. The summed E-state index contributed by atoms with van der Waals surface area (Å²) in [6.45, 7) is 2.09. The van der Waals surface area contributed by atoms with E-state index in [2.05, 4.69) is 22.7 Å². The zero-order valence-corrected chi connectivity index (χ0v) is 10.2. The maximum absolute atomic E-state index is 13.8. The van der Waals surface area contributed by atoms with Crippen LogP contribution in [0.4, 0.5) is 10.2 Å². The van der Waals surface area contributed by atoms with Crippen LogP contribution in [0.2, 0.25) is 0 Å². The van der Waals surface area contributed by atoms with E-state index in [-0.39, 0.29) is 17.4 Å². The number of halogens is 1. The molecule has 1 aromatic rings. The van der Waals surface area contributed by atoms with Crippen LogP contribution in [0.25, 0.3) is 0 Å². The second-order valence-electron chi connectivity index (χ2n) is 4.65. The molecule has 1 aromatic heterocycles. The largest absolute Gasteiger partial charge is 0.349 e. The monoisotopic (exact) mass is 252 g/mol. The molecule has 1 aliphatic rings. The van der Waals surface area contributed by atoms with Crippen molar-refractivity contribution in [2.24, 2.45) is 11.8 Å². The molecule has 98 valence electrons. The van der Waals surface area contributed by atoms with Gasteiger partial charge in [-0.3, -0.25) is 4.79 Å². The molecule has 0 radical (unpaired) electrons. The van der Waals surface area contributed by atoms with E-state index in [0.29, 0.717) is 5.92 Å². The van der Waals surface area contributed by atoms with Crippen LogP contribution in [0, 0.1) is 11.7 Å². The van der Waals surface area contributed by atoms with Crippen LogP contribution < -0.4 is 16.6 Å². The fraction of sp³-hybridized carbons (Fsp3) is 0.500. The van der Waals surface area contributed by atoms with Gasteiger partial charge in [-0.2, -0.15) is 0 Å². The summed E-state index contributed by atoms with van der Waals surface area (Å²) in [7, 11) is 0. The first-order valence-electron chi connectivity index (χ1n) is 6.05. The van der Waals surface area contributed by atoms with Gasteiger partial charge >= 0.3 is 0 Å². The van der Waals surface area contributed by atoms with Crippen molar-refractivity contribution >= 4 is 11.7 Å². The van der Waals surface area contributed by atoms with Crippen molar-refractivity contribution in [1.29, 1.82) is 0 Å². The van der Waals surface area contributed by atoms with Gasteiger partial charge in [0.05, 0.1) is 5.56 Å². The number of nitrogens with one attached hydrogen (secondary N) is 2. The molecule has 0 bridgehead atoms. The van der Waals surface area contributed by atoms with Gasteiger partial charge in [-0.05, 0) is 24.8 Å². The number of hydrogen-bond donors (Lipinski definition) is 3. The van der Waals surface area contributed by atoms with Crippen LogP contribution in [-0.2, 0) is 0 Å². The Hall–Kier alpha value is -1.69. The van der Waals surface area contributed by atoms with E-state index in [9.17, 15) is 9.18 Å². The van der Waals surface area contributed by atoms with Gasteiger partial charge in [-0.25, -0.2) is 15.2 Å². The minimum absolute atomic E-state index is 0.0305. The number of rotatable bonds is 3. The number of carbonyl (C=O) groups excluding carboxylic acids is 1. The maximum Gasteiger partial charge on any atom is 0.254 e. The van der Waals surface area contributed by atoms with E-state index in [1.54, 1.807) is 0 Å². The fourth-order valence-electron chi connectivity index (χ4n) is 2.33. The lowest BCUT2D eigenvalue weighted by atomic mass is 10.1. The quantitative estimate of drug-likeness (QED) is 0.561. The van der Waals surface area contributed by atoms with E-state index in [1.165, 1.54) is 12.3 Å². The SMILES string of the molecule is CC1CCCC1NC(=O)c1ccnc(NN)c1F. The van der Waals surface area contributed by atoms with Gasteiger partial charge in [0.1, 0.15) is 0 Å². The number of anilines is 1. The number of nitrogens with two attached hydrogens (primary N) is 1. The minimum Gasteiger partial charge on any atom is -0.349 e. The molecule has 2 unspecified atom stereocenters. The Balaban J connectivity index is 2.13. The zero-order valence-electron chi connectivity index (χ0n) is 10.2. The molecule has 4 N–H and O–H groups in total. The van der Waals surface area contributed by atoms with Crippen LogP contribution in [0.3, 0.4) is 0 Å². The Morgan fingerprint density at radius 1 is 1.56 bits per heavy atom. The van der Waals surface area contributed by atoms with E-state index >= 15 is 0 Å². The molecule has 18 heavy (non-hydrogen) atoms. The molecule has 5 nitrogen and oxygen atoms in total. The highest BCUT2D eigenvalue weighted by atomic mass is 19.1. The molecule has 1 aliphatic carbocycles. The van der Waals surface area contributed by atoms with Crippen molar-refractivity contribution in [3.63, 3.8) is 0 Å². The van der Waals surface area contributed by atoms with E-state index < -0.39 is 11.7 Å². The predicted molar refractivity (Wildman–Crippen MR) is 66.3 cm³/mol. The number of hydrogen-bond acceptors (Lipinski definition) is 4. The third kappa shape index (κ3) is 2.43. The second-order valence-corrected chi connectivity index (χ2v) is 4.65. The van der Waals surface area contributed by atoms with Gasteiger partial charge in [-0.1, -0.05) is 13.3 Å². The molecule has 1 amide bonds. The van der Waals surface area contributed by atoms with Crippen molar-refractivity contribution in [1.82, 2.24) is 10.3 Å². The Morgan fingerprint density at radius 2 is 2.33 bits per heavy atom. The van der Waals surface area contributed by atoms with E-state index in [4.69, 9.17) is 5.84 Å². The lowest BCUT2D eigenvalue weighted by molar-refractivity contribution is 0.0925. The van der Waals surface area contributed by atoms with Gasteiger partial charge in [-0.15, -0.1) is 0 Å². The Labute approximate surface area is 105 Å². The number of hydrazine groups is 1. The summed E-state index contributed by atoms with van der Waals surface area (Å²) in [4.78, 5) is 15.7. The summed E-state index contributed by atoms with van der Waals surface area (Å²) < 4.78 is 13.8. The topological polar surface area (TPSA) is 80.0 Å². The lowest BCUT2D eigenvalue weighted by Gasteiger charge is -2.17. The van der Waals surface area contributed by atoms with Crippen LogP contribution in [-0.4, -0.2) is 16.9 Å². The fourth-order valence-corrected chi connectivity index (χ4v) is 2.33. The summed E-state index contributed by atoms with van der Waals surface area (Å²) in [6, 6.07) is 1.48. The Bertz CT molecular complexity index is 452. The van der Waals surface area contributed by atoms with Crippen LogP contribution in [0.15, 0.2) is 12.3 Å². The molecule has 1 saturated carbocycles. The highest BCUT2D eigenvalue weighted by Crippen LogP contribution is 2.25. The van der Waals surface area contributed by atoms with Crippen molar-refractivity contribution in [3.05, 3.63) is 23.6 Å². The Kier molecular flexibility index (Phi) is 3.76. The number of nitrogen functional groups attached to an aromatic ring is 1. The summed E-state index contributed by atoms with van der Waals surface area (Å²) >= 11 is 0. The molecular formula is C12H17FN4O. The van der Waals surface area contributed by atoms with E-state index in [0.717, 1.165) is 19.3 Å². The van der Waals surface area contributed by atoms with Gasteiger partial charge in [0.15, 0.2) is 11.6 Å². The molecule has 2 rings (SSSR count). The zero-order chi connectivity index (χ0) is 13.1. The third-order valence-electron chi connectivity index (χ3n) is 3.45. The van der Waals surface area contributed by atoms with Gasteiger partial charge in [0.25, 0.3) is 5.91 Å². The second kappa shape index (κ2) is 5.30. The summed E-state index contributed by atoms with van der Waals surface area (Å²) in [5.41, 5.74) is 2.10. The number of amides is 1. The molecular weight excluding hydrogens is 235 g/mol. The van der Waals surface area contributed by atoms with Crippen molar-refractivity contribution in [2.45, 2.75) is 32.2 Å². The molecule has 0 saturated heterocycles. The summed E-state index contributed by atoms with van der Waals surface area (Å²) in [5, 5.41) is 2.86. The van der Waals surface area contributed by atoms with Crippen LogP contribution in [0.1, 0.15) is 36.5 Å². The lowest BCUT2D eigenvalue weighted by Crippen LogP contribution is -2.37. The Morgan fingerprint density at radius 3 is 2.94 bits per heavy atom. The number of aromatic nitrogens is 1. The molecule has 2 atom stereocenters. The maximum atomic E-state index is 13.8. The van der Waals surface area contributed by atoms with Gasteiger partial charge in [0, 0.05) is 12.2 Å². The first-order valence-corrected chi connectivity index (χ1v) is 6.05. The van der Waals surface area contributed by atoms with Crippen molar-refractivity contribution < 1.29 is 9.18 Å². The van der Waals surface area contributed by atoms with Crippen LogP contribution in [0.5, 0.6) is 0 Å². The summed E-state index contributed by atoms with van der Waals surface area (Å²) in [6.07, 6.45) is 4.49. The summed E-state index contributed by atoms with van der Waals surface area (Å²) in [5.74, 6) is 4.30. The molecule has 1 heterocycles. The molecule has 1 fully saturated rings. The highest BCUT2D eigenvalue weighted by molar-refractivity contribution is 5.95. The number of nitrogens with zero attached hydrogens (tertiary/aromatic N) is 1. The predicted octanol–water partition coefficient (Wildman–Crippen LogP) is 1.42. The normalized spacial score (nSPS) is 22.8. The molecule has 6 heteroatoms. The van der Waals surface area contributed by atoms with E-state index in [1.807, 2.05) is 0 Å². The van der Waals surface area contributed by atoms with Crippen molar-refractivity contribution in [3.8, 4) is 0 Å². The first kappa shape index (κ1) is 12.8. The highest BCUT2D eigenvalue weighted by Gasteiger charge is 2.26. The average molecular weight is 252 g/mol. The first-order chi connectivity index (χ1) is 8.63. The molecule has 0 spiro atoms. The number of carbonyl (C=O) groups is 1. The minimum atomic E-state index is -0.719. The third-order valence-corrected chi connectivity index (χ3v) is 3.45. The standard InChI is InChI=1S/C12H17FN4O/c1-7-3-2-4-9(7)16-12(18)8-5-6-15-11(17-14)10(8)13/h5-7,9H,2-4,14H2,1H3,(H,15,17)(H,16,18). The smallest absolute Gasteiger partial charge is 0.254 e. The number of pyridine rings is 1. The van der Waals surface area contributed by atoms with Gasteiger partial charge in [0.2, 0.25) is 0 Å². The molecule has 0 aliphatic heterocycles. The van der Waals surface area contributed by atoms with Gasteiger partial charge < -0.3 is 10.7 Å².